The highest BCUT2D eigenvalue weighted by Crippen LogP contribution is 2.22. The molecule has 148 valence electrons. The lowest BCUT2D eigenvalue weighted by Crippen LogP contribution is -2.10. The zero-order chi connectivity index (χ0) is 21.1. The third-order valence-electron chi connectivity index (χ3n) is 4.67. The van der Waals surface area contributed by atoms with Gasteiger partial charge in [0.25, 0.3) is 5.69 Å². The summed E-state index contributed by atoms with van der Waals surface area (Å²) in [6.45, 7) is 0.395. The number of rotatable bonds is 6. The molecular formula is C23H16ClN3O3. The predicted molar refractivity (Wildman–Crippen MR) is 117 cm³/mol. The number of carbonyl (C=O) groups excluding carboxylic acids is 1. The summed E-state index contributed by atoms with van der Waals surface area (Å²) in [5.74, 6) is -0.0254. The predicted octanol–water partition coefficient (Wildman–Crippen LogP) is 5.54. The maximum atomic E-state index is 13.0. The summed E-state index contributed by atoms with van der Waals surface area (Å²) in [5, 5.41) is 11.6. The average molecular weight is 418 g/mol. The zero-order valence-electron chi connectivity index (χ0n) is 15.7. The minimum Gasteiger partial charge on any atom is -0.317 e. The molecule has 0 aliphatic carbocycles. The van der Waals surface area contributed by atoms with E-state index in [1.807, 2.05) is 47.0 Å². The fourth-order valence-corrected chi connectivity index (χ4v) is 3.40. The van der Waals surface area contributed by atoms with Crippen molar-refractivity contribution in [2.24, 2.45) is 0 Å². The first-order chi connectivity index (χ1) is 14.5. The second-order valence-corrected chi connectivity index (χ2v) is 7.06. The number of benzene rings is 3. The number of nitrogens with zero attached hydrogens (tertiary/aromatic N) is 3. The van der Waals surface area contributed by atoms with Crippen LogP contribution in [0.5, 0.6) is 0 Å². The Labute approximate surface area is 177 Å². The van der Waals surface area contributed by atoms with Gasteiger partial charge in [0.05, 0.1) is 22.5 Å². The van der Waals surface area contributed by atoms with Crippen LogP contribution in [0.25, 0.3) is 17.1 Å². The number of nitro benzene ring substituents is 1. The van der Waals surface area contributed by atoms with Gasteiger partial charge in [-0.3, -0.25) is 14.9 Å². The van der Waals surface area contributed by atoms with Crippen molar-refractivity contribution in [3.8, 4) is 0 Å². The first-order valence-corrected chi connectivity index (χ1v) is 9.56. The van der Waals surface area contributed by atoms with E-state index in [1.54, 1.807) is 24.3 Å². The molecule has 0 fully saturated rings. The number of ketones is 1. The average Bonchev–Trinajstić information content (AvgIpc) is 3.12. The first kappa shape index (κ1) is 19.5. The molecule has 0 saturated heterocycles. The van der Waals surface area contributed by atoms with Gasteiger partial charge in [-0.15, -0.1) is 0 Å². The molecule has 1 aromatic heterocycles. The van der Waals surface area contributed by atoms with E-state index < -0.39 is 4.92 Å². The lowest BCUT2D eigenvalue weighted by Gasteiger charge is -2.09. The molecule has 4 aromatic rings. The van der Waals surface area contributed by atoms with Gasteiger partial charge in [-0.05, 0) is 35.4 Å². The van der Waals surface area contributed by atoms with Crippen LogP contribution < -0.4 is 0 Å². The number of carbonyl (C=O) groups is 1. The number of fused-ring (bicyclic) bond motifs is 1. The van der Waals surface area contributed by atoms with Crippen LogP contribution in [0.1, 0.15) is 21.7 Å². The minimum absolute atomic E-state index is 0.0319. The van der Waals surface area contributed by atoms with Crippen molar-refractivity contribution in [1.82, 2.24) is 9.55 Å². The molecule has 30 heavy (non-hydrogen) atoms. The molecule has 0 spiro atoms. The van der Waals surface area contributed by atoms with Crippen molar-refractivity contribution in [3.63, 3.8) is 0 Å². The second kappa shape index (κ2) is 8.31. The lowest BCUT2D eigenvalue weighted by molar-refractivity contribution is -0.384. The van der Waals surface area contributed by atoms with Gasteiger partial charge in [0.1, 0.15) is 0 Å². The van der Waals surface area contributed by atoms with E-state index in [2.05, 4.69) is 4.98 Å². The fraction of sp³-hybridized carbons (Fsp3) is 0.0435. The van der Waals surface area contributed by atoms with Crippen molar-refractivity contribution < 1.29 is 9.72 Å². The number of para-hydroxylation sites is 2. The third kappa shape index (κ3) is 3.99. The molecule has 0 N–H and O–H groups in total. The van der Waals surface area contributed by atoms with E-state index in [1.165, 1.54) is 18.2 Å². The van der Waals surface area contributed by atoms with Crippen molar-refractivity contribution in [2.75, 3.05) is 0 Å². The molecule has 7 heteroatoms. The van der Waals surface area contributed by atoms with E-state index in [0.29, 0.717) is 22.6 Å². The Balaban J connectivity index is 1.71. The van der Waals surface area contributed by atoms with E-state index in [-0.39, 0.29) is 17.3 Å². The maximum Gasteiger partial charge on any atom is 0.270 e. The van der Waals surface area contributed by atoms with Crippen LogP contribution in [0.3, 0.4) is 0 Å². The number of hydrogen-bond donors (Lipinski definition) is 0. The Bertz CT molecular complexity index is 1290. The largest absolute Gasteiger partial charge is 0.317 e. The molecule has 0 amide bonds. The number of allylic oxidation sites excluding steroid dienone is 1. The quantitative estimate of drug-likeness (QED) is 0.178. The van der Waals surface area contributed by atoms with Crippen LogP contribution in [0.2, 0.25) is 5.02 Å². The molecule has 0 aliphatic heterocycles. The van der Waals surface area contributed by atoms with Crippen LogP contribution in [-0.4, -0.2) is 20.3 Å². The molecule has 0 atom stereocenters. The van der Waals surface area contributed by atoms with Gasteiger partial charge in [-0.2, -0.15) is 0 Å². The van der Waals surface area contributed by atoms with Gasteiger partial charge < -0.3 is 4.57 Å². The number of imidazole rings is 1. The monoisotopic (exact) mass is 417 g/mol. The van der Waals surface area contributed by atoms with E-state index in [9.17, 15) is 14.9 Å². The standard InChI is InChI=1S/C23H16ClN3O3/c24-19-9-2-1-7-17(19)15-26-21-11-4-3-10-20(21)25-23(26)22(28)13-12-16-6-5-8-18(14-16)27(29)30/h1-14H,15H2. The summed E-state index contributed by atoms with van der Waals surface area (Å²) in [6.07, 6.45) is 2.93. The molecule has 0 unspecified atom stereocenters. The van der Waals surface area contributed by atoms with E-state index in [4.69, 9.17) is 11.6 Å². The smallest absolute Gasteiger partial charge is 0.270 e. The maximum absolute atomic E-state index is 13.0. The second-order valence-electron chi connectivity index (χ2n) is 6.65. The number of halogens is 1. The first-order valence-electron chi connectivity index (χ1n) is 9.18. The van der Waals surface area contributed by atoms with Crippen LogP contribution in [-0.2, 0) is 6.54 Å². The van der Waals surface area contributed by atoms with Gasteiger partial charge in [-0.25, -0.2) is 4.98 Å². The van der Waals surface area contributed by atoms with E-state index >= 15 is 0 Å². The van der Waals surface area contributed by atoms with Gasteiger partial charge in [0.15, 0.2) is 5.82 Å². The van der Waals surface area contributed by atoms with Gasteiger partial charge in [-0.1, -0.05) is 60.1 Å². The van der Waals surface area contributed by atoms with Crippen LogP contribution >= 0.6 is 11.6 Å². The molecule has 0 radical (unpaired) electrons. The summed E-state index contributed by atoms with van der Waals surface area (Å²) in [7, 11) is 0. The number of nitro groups is 1. The molecule has 6 nitrogen and oxygen atoms in total. The molecule has 0 saturated carbocycles. The Morgan fingerprint density at radius 2 is 1.83 bits per heavy atom. The molecular weight excluding hydrogens is 402 g/mol. The fourth-order valence-electron chi connectivity index (χ4n) is 3.21. The summed E-state index contributed by atoms with van der Waals surface area (Å²) in [6, 6.07) is 21.1. The van der Waals surface area contributed by atoms with Gasteiger partial charge >= 0.3 is 0 Å². The van der Waals surface area contributed by atoms with Crippen molar-refractivity contribution in [3.05, 3.63) is 111 Å². The Kier molecular flexibility index (Phi) is 5.41. The summed E-state index contributed by atoms with van der Waals surface area (Å²) in [4.78, 5) is 28.0. The highest BCUT2D eigenvalue weighted by Gasteiger charge is 2.16. The van der Waals surface area contributed by atoms with Gasteiger partial charge in [0.2, 0.25) is 5.78 Å². The zero-order valence-corrected chi connectivity index (χ0v) is 16.5. The molecule has 3 aromatic carbocycles. The van der Waals surface area contributed by atoms with Crippen LogP contribution in [0.4, 0.5) is 5.69 Å². The summed E-state index contributed by atoms with van der Waals surface area (Å²) >= 11 is 6.32. The Morgan fingerprint density at radius 3 is 2.63 bits per heavy atom. The third-order valence-corrected chi connectivity index (χ3v) is 5.04. The normalized spacial score (nSPS) is 11.2. The van der Waals surface area contributed by atoms with Crippen molar-refractivity contribution >= 4 is 40.2 Å². The van der Waals surface area contributed by atoms with Crippen LogP contribution in [0, 0.1) is 10.1 Å². The SMILES string of the molecule is O=C(C=Cc1cccc([N+](=O)[O-])c1)c1nc2ccccc2n1Cc1ccccc1Cl. The lowest BCUT2D eigenvalue weighted by atomic mass is 10.1. The Morgan fingerprint density at radius 1 is 1.07 bits per heavy atom. The topological polar surface area (TPSA) is 78.0 Å². The van der Waals surface area contributed by atoms with Crippen molar-refractivity contribution in [1.29, 1.82) is 0 Å². The molecule has 1 heterocycles. The van der Waals surface area contributed by atoms with Crippen LogP contribution in [0.15, 0.2) is 78.9 Å². The number of non-ortho nitro benzene ring substituents is 1. The van der Waals surface area contributed by atoms with E-state index in [0.717, 1.165) is 11.1 Å². The number of aromatic nitrogens is 2. The minimum atomic E-state index is -0.470. The van der Waals surface area contributed by atoms with Gasteiger partial charge in [0, 0.05) is 17.2 Å². The molecule has 4 rings (SSSR count). The highest BCUT2D eigenvalue weighted by molar-refractivity contribution is 6.31. The molecule has 0 aliphatic rings. The highest BCUT2D eigenvalue weighted by atomic mass is 35.5. The summed E-state index contributed by atoms with van der Waals surface area (Å²) in [5.41, 5.74) is 2.93. The molecule has 0 bridgehead atoms. The van der Waals surface area contributed by atoms with Crippen molar-refractivity contribution in [2.45, 2.75) is 6.54 Å². The number of hydrogen-bond acceptors (Lipinski definition) is 4. The summed E-state index contributed by atoms with van der Waals surface area (Å²) < 4.78 is 1.83. The Hall–Kier alpha value is -3.77.